The highest BCUT2D eigenvalue weighted by Gasteiger charge is 2.15. The fraction of sp³-hybridized carbons (Fsp3) is 0.333. The molecule has 0 aliphatic heterocycles. The molecule has 2 N–H and O–H groups in total. The number of aromatic amines is 1. The van der Waals surface area contributed by atoms with Crippen molar-refractivity contribution in [2.75, 3.05) is 5.75 Å². The maximum atomic E-state index is 12.2. The van der Waals surface area contributed by atoms with Gasteiger partial charge in [0, 0.05) is 28.7 Å². The van der Waals surface area contributed by atoms with Crippen LogP contribution in [-0.2, 0) is 21.2 Å². The van der Waals surface area contributed by atoms with Crippen molar-refractivity contribution in [3.8, 4) is 0 Å². The predicted octanol–water partition coefficient (Wildman–Crippen LogP) is 2.62. The van der Waals surface area contributed by atoms with Crippen LogP contribution in [0.2, 0.25) is 0 Å². The van der Waals surface area contributed by atoms with Crippen LogP contribution in [0.15, 0.2) is 44.5 Å². The molecular formula is C18H21BrN2O4S. The Balaban J connectivity index is 1.86. The molecule has 140 valence electrons. The number of amides is 1. The maximum absolute atomic E-state index is 12.2. The molecule has 0 fully saturated rings. The van der Waals surface area contributed by atoms with Crippen molar-refractivity contribution < 1.29 is 13.2 Å². The van der Waals surface area contributed by atoms with Gasteiger partial charge < -0.3 is 10.3 Å². The van der Waals surface area contributed by atoms with E-state index in [1.807, 2.05) is 13.0 Å². The average Bonchev–Trinajstić information content (AvgIpc) is 2.54. The van der Waals surface area contributed by atoms with Crippen LogP contribution in [0.1, 0.15) is 29.7 Å². The predicted molar refractivity (Wildman–Crippen MR) is 104 cm³/mol. The molecule has 0 aliphatic rings. The number of hydrogen-bond acceptors (Lipinski definition) is 4. The molecule has 0 radical (unpaired) electrons. The van der Waals surface area contributed by atoms with Crippen LogP contribution in [0.3, 0.4) is 0 Å². The second-order valence-corrected chi connectivity index (χ2v) is 9.12. The molecule has 1 amide bonds. The monoisotopic (exact) mass is 440 g/mol. The van der Waals surface area contributed by atoms with Crippen LogP contribution >= 0.6 is 15.9 Å². The van der Waals surface area contributed by atoms with E-state index in [9.17, 15) is 18.0 Å². The Morgan fingerprint density at radius 3 is 2.46 bits per heavy atom. The quantitative estimate of drug-likeness (QED) is 0.691. The van der Waals surface area contributed by atoms with Gasteiger partial charge in [0.25, 0.3) is 5.56 Å². The molecule has 8 heteroatoms. The van der Waals surface area contributed by atoms with E-state index < -0.39 is 9.84 Å². The number of aryl methyl sites for hydroxylation is 2. The SMILES string of the molecule is Cc1cc(C)c(CNC(=O)CCCS(=O)(=O)c2ccc(Br)cc2)c(=O)[nH]1. The summed E-state index contributed by atoms with van der Waals surface area (Å²) >= 11 is 3.26. The number of rotatable bonds is 7. The van der Waals surface area contributed by atoms with E-state index in [0.717, 1.165) is 15.7 Å². The first kappa shape index (κ1) is 20.4. The highest BCUT2D eigenvalue weighted by Crippen LogP contribution is 2.16. The second kappa shape index (κ2) is 8.64. The first-order valence-corrected chi connectivity index (χ1v) is 10.6. The van der Waals surface area contributed by atoms with Crippen molar-refractivity contribution in [1.82, 2.24) is 10.3 Å². The molecule has 2 rings (SSSR count). The molecule has 0 saturated carbocycles. The summed E-state index contributed by atoms with van der Waals surface area (Å²) in [4.78, 5) is 26.8. The Bertz CT molecular complexity index is 950. The van der Waals surface area contributed by atoms with Crippen molar-refractivity contribution in [3.63, 3.8) is 0 Å². The summed E-state index contributed by atoms with van der Waals surface area (Å²) in [5.41, 5.74) is 1.86. The van der Waals surface area contributed by atoms with E-state index in [1.54, 1.807) is 19.1 Å². The van der Waals surface area contributed by atoms with E-state index in [-0.39, 0.29) is 41.5 Å². The summed E-state index contributed by atoms with van der Waals surface area (Å²) in [6.07, 6.45) is 0.298. The first-order chi connectivity index (χ1) is 12.2. The first-order valence-electron chi connectivity index (χ1n) is 8.13. The number of hydrogen-bond donors (Lipinski definition) is 2. The lowest BCUT2D eigenvalue weighted by atomic mass is 10.1. The highest BCUT2D eigenvalue weighted by atomic mass is 79.9. The van der Waals surface area contributed by atoms with E-state index in [4.69, 9.17) is 0 Å². The molecule has 0 bridgehead atoms. The van der Waals surface area contributed by atoms with Crippen molar-refractivity contribution >= 4 is 31.7 Å². The van der Waals surface area contributed by atoms with Crippen LogP contribution < -0.4 is 10.9 Å². The molecule has 1 aromatic heterocycles. The van der Waals surface area contributed by atoms with Crippen LogP contribution in [0.4, 0.5) is 0 Å². The number of pyridine rings is 1. The van der Waals surface area contributed by atoms with Crippen molar-refractivity contribution in [3.05, 3.63) is 62.0 Å². The van der Waals surface area contributed by atoms with Gasteiger partial charge in [-0.1, -0.05) is 15.9 Å². The minimum Gasteiger partial charge on any atom is -0.352 e. The number of carbonyl (C=O) groups is 1. The number of H-pyrrole nitrogens is 1. The average molecular weight is 441 g/mol. The second-order valence-electron chi connectivity index (χ2n) is 6.10. The Hall–Kier alpha value is -1.93. The van der Waals surface area contributed by atoms with Gasteiger partial charge in [-0.05, 0) is 56.2 Å². The lowest BCUT2D eigenvalue weighted by Gasteiger charge is -2.08. The lowest BCUT2D eigenvalue weighted by molar-refractivity contribution is -0.121. The van der Waals surface area contributed by atoms with Crippen molar-refractivity contribution in [1.29, 1.82) is 0 Å². The summed E-state index contributed by atoms with van der Waals surface area (Å²) in [6.45, 7) is 3.73. The van der Waals surface area contributed by atoms with Crippen LogP contribution in [-0.4, -0.2) is 25.1 Å². The third-order valence-corrected chi connectivity index (χ3v) is 6.29. The molecular weight excluding hydrogens is 420 g/mol. The van der Waals surface area contributed by atoms with Gasteiger partial charge in [-0.2, -0.15) is 0 Å². The molecule has 2 aromatic rings. The molecule has 0 aliphatic carbocycles. The molecule has 26 heavy (non-hydrogen) atoms. The number of carbonyl (C=O) groups excluding carboxylic acids is 1. The summed E-state index contributed by atoms with van der Waals surface area (Å²) in [5.74, 6) is -0.387. The number of benzene rings is 1. The lowest BCUT2D eigenvalue weighted by Crippen LogP contribution is -2.28. The van der Waals surface area contributed by atoms with Gasteiger partial charge in [0.05, 0.1) is 10.6 Å². The summed E-state index contributed by atoms with van der Waals surface area (Å²) < 4.78 is 25.3. The van der Waals surface area contributed by atoms with Gasteiger partial charge in [0.2, 0.25) is 5.91 Å². The smallest absolute Gasteiger partial charge is 0.253 e. The van der Waals surface area contributed by atoms with Gasteiger partial charge in [0.1, 0.15) is 0 Å². The summed E-state index contributed by atoms with van der Waals surface area (Å²) in [7, 11) is -3.41. The van der Waals surface area contributed by atoms with Gasteiger partial charge in [-0.25, -0.2) is 8.42 Å². The van der Waals surface area contributed by atoms with Gasteiger partial charge >= 0.3 is 0 Å². The van der Waals surface area contributed by atoms with E-state index in [2.05, 4.69) is 26.2 Å². The van der Waals surface area contributed by atoms with Gasteiger partial charge in [0.15, 0.2) is 9.84 Å². The summed E-state index contributed by atoms with van der Waals surface area (Å²) in [6, 6.07) is 8.24. The third kappa shape index (κ3) is 5.54. The standard InChI is InChI=1S/C18H21BrN2O4S/c1-12-10-13(2)21-18(23)16(12)11-20-17(22)4-3-9-26(24,25)15-7-5-14(19)6-8-15/h5-8,10H,3-4,9,11H2,1-2H3,(H,20,22)(H,21,23). The number of sulfone groups is 1. The van der Waals surface area contributed by atoms with E-state index in [1.165, 1.54) is 12.1 Å². The molecule has 0 saturated heterocycles. The van der Waals surface area contributed by atoms with Gasteiger partial charge in [-0.15, -0.1) is 0 Å². The van der Waals surface area contributed by atoms with E-state index >= 15 is 0 Å². The topological polar surface area (TPSA) is 96.1 Å². The Morgan fingerprint density at radius 2 is 1.85 bits per heavy atom. The Labute approximate surface area is 161 Å². The zero-order chi connectivity index (χ0) is 19.3. The molecule has 1 heterocycles. The number of nitrogens with one attached hydrogen (secondary N) is 2. The van der Waals surface area contributed by atoms with Crippen LogP contribution in [0.5, 0.6) is 0 Å². The largest absolute Gasteiger partial charge is 0.352 e. The zero-order valence-corrected chi connectivity index (χ0v) is 17.0. The maximum Gasteiger partial charge on any atom is 0.253 e. The summed E-state index contributed by atoms with van der Waals surface area (Å²) in [5, 5.41) is 2.67. The third-order valence-electron chi connectivity index (χ3n) is 3.95. The Kier molecular flexibility index (Phi) is 6.77. The normalized spacial score (nSPS) is 11.3. The van der Waals surface area contributed by atoms with Crippen LogP contribution in [0, 0.1) is 13.8 Å². The zero-order valence-electron chi connectivity index (χ0n) is 14.6. The fourth-order valence-electron chi connectivity index (χ4n) is 2.56. The number of halogens is 1. The number of aromatic nitrogens is 1. The minimum atomic E-state index is -3.41. The highest BCUT2D eigenvalue weighted by molar-refractivity contribution is 9.10. The van der Waals surface area contributed by atoms with Crippen LogP contribution in [0.25, 0.3) is 0 Å². The Morgan fingerprint density at radius 1 is 1.19 bits per heavy atom. The van der Waals surface area contributed by atoms with Gasteiger partial charge in [-0.3, -0.25) is 9.59 Å². The van der Waals surface area contributed by atoms with Crippen molar-refractivity contribution in [2.24, 2.45) is 0 Å². The van der Waals surface area contributed by atoms with E-state index in [0.29, 0.717) is 5.56 Å². The molecule has 0 spiro atoms. The minimum absolute atomic E-state index is 0.0819. The fourth-order valence-corrected chi connectivity index (χ4v) is 4.13. The molecule has 0 atom stereocenters. The molecule has 0 unspecified atom stereocenters. The molecule has 1 aromatic carbocycles. The molecule has 6 nitrogen and oxygen atoms in total. The van der Waals surface area contributed by atoms with Crippen molar-refractivity contribution in [2.45, 2.75) is 38.1 Å².